The van der Waals surface area contributed by atoms with Gasteiger partial charge in [-0.2, -0.15) is 0 Å². The summed E-state index contributed by atoms with van der Waals surface area (Å²) in [6, 6.07) is 24.9. The van der Waals surface area contributed by atoms with Crippen LogP contribution in [0.2, 0.25) is 5.02 Å². The zero-order valence-electron chi connectivity index (χ0n) is 21.4. The highest BCUT2D eigenvalue weighted by Gasteiger charge is 2.41. The largest absolute Gasteiger partial charge is 0.497 e. The minimum absolute atomic E-state index is 0.0367. The molecule has 1 heterocycles. The highest BCUT2D eigenvalue weighted by Crippen LogP contribution is 2.48. The van der Waals surface area contributed by atoms with E-state index in [-0.39, 0.29) is 16.8 Å². The van der Waals surface area contributed by atoms with Gasteiger partial charge in [0.2, 0.25) is 10.0 Å². The Kier molecular flexibility index (Phi) is 6.81. The maximum atomic E-state index is 13.5. The van der Waals surface area contributed by atoms with Gasteiger partial charge < -0.3 is 9.64 Å². The molecule has 2 aliphatic rings. The van der Waals surface area contributed by atoms with Crippen LogP contribution < -0.4 is 9.46 Å². The maximum absolute atomic E-state index is 13.5. The molecule has 1 aliphatic carbocycles. The average Bonchev–Trinajstić information content (AvgIpc) is 3.27. The number of nitrogens with one attached hydrogen (secondary N) is 1. The lowest BCUT2D eigenvalue weighted by molar-refractivity contribution is 0.0539. The summed E-state index contributed by atoms with van der Waals surface area (Å²) in [5.41, 5.74) is 2.65. The van der Waals surface area contributed by atoms with E-state index >= 15 is 0 Å². The lowest BCUT2D eigenvalue weighted by atomic mass is 10.0. The fourth-order valence-corrected chi connectivity index (χ4v) is 7.13. The van der Waals surface area contributed by atoms with Gasteiger partial charge in [0.25, 0.3) is 5.91 Å². The van der Waals surface area contributed by atoms with Gasteiger partial charge in [0.1, 0.15) is 5.75 Å². The summed E-state index contributed by atoms with van der Waals surface area (Å²) in [4.78, 5) is 17.5. The van der Waals surface area contributed by atoms with Crippen molar-refractivity contribution in [2.45, 2.75) is 17.0 Å². The number of halogens is 1. The van der Waals surface area contributed by atoms with Gasteiger partial charge >= 0.3 is 0 Å². The summed E-state index contributed by atoms with van der Waals surface area (Å²) in [6.07, 6.45) is 0. The van der Waals surface area contributed by atoms with Crippen LogP contribution in [0.15, 0.2) is 89.8 Å². The van der Waals surface area contributed by atoms with E-state index in [0.29, 0.717) is 42.5 Å². The first-order chi connectivity index (χ1) is 18.9. The number of ether oxygens (including phenoxy) is 1. The molecule has 4 aromatic carbocycles. The summed E-state index contributed by atoms with van der Waals surface area (Å²) < 4.78 is 35.3. The number of rotatable bonds is 6. The summed E-state index contributed by atoms with van der Waals surface area (Å²) >= 11 is 6.00. The SMILES string of the molecule is COc1cccc(C(=O)N2CCN([C@@H]3c4cccc5cccc(c45)[C@@H]3NS(=O)(=O)c3ccc(Cl)cc3)CC2)c1. The molecule has 0 unspecified atom stereocenters. The number of sulfonamides is 1. The molecule has 0 radical (unpaired) electrons. The van der Waals surface area contributed by atoms with Crippen LogP contribution in [0.3, 0.4) is 0 Å². The standard InChI is InChI=1S/C30H28ClN3O4S/c1-38-23-8-2-7-21(19-23)30(35)34-17-15-33(16-18-34)29-26-10-4-6-20-5-3-9-25(27(20)26)28(29)32-39(36,37)24-13-11-22(31)12-14-24/h2-14,19,28-29,32H,15-18H2,1H3/t28-,29+/m0/s1. The van der Waals surface area contributed by atoms with Crippen LogP contribution in [-0.4, -0.2) is 57.4 Å². The molecular formula is C30H28ClN3O4S. The van der Waals surface area contributed by atoms with Crippen LogP contribution in [0.1, 0.15) is 33.6 Å². The highest BCUT2D eigenvalue weighted by molar-refractivity contribution is 7.89. The van der Waals surface area contributed by atoms with E-state index < -0.39 is 16.1 Å². The lowest BCUT2D eigenvalue weighted by Crippen LogP contribution is -2.51. The van der Waals surface area contributed by atoms with Gasteiger partial charge in [-0.15, -0.1) is 0 Å². The van der Waals surface area contributed by atoms with E-state index in [2.05, 4.69) is 27.8 Å². The van der Waals surface area contributed by atoms with Crippen LogP contribution in [0.4, 0.5) is 0 Å². The van der Waals surface area contributed by atoms with Crippen molar-refractivity contribution in [2.75, 3.05) is 33.3 Å². The van der Waals surface area contributed by atoms with Crippen LogP contribution in [0.5, 0.6) is 5.75 Å². The van der Waals surface area contributed by atoms with Crippen molar-refractivity contribution in [2.24, 2.45) is 0 Å². The fourth-order valence-electron chi connectivity index (χ4n) is 5.78. The number of benzene rings is 4. The molecule has 9 heteroatoms. The number of carbonyl (C=O) groups excluding carboxylic acids is 1. The van der Waals surface area contributed by atoms with Crippen molar-refractivity contribution in [1.82, 2.24) is 14.5 Å². The number of hydrogen-bond acceptors (Lipinski definition) is 5. The van der Waals surface area contributed by atoms with Gasteiger partial charge in [-0.3, -0.25) is 9.69 Å². The third kappa shape index (κ3) is 4.78. The van der Waals surface area contributed by atoms with Gasteiger partial charge in [-0.1, -0.05) is 54.1 Å². The Hall–Kier alpha value is -3.43. The van der Waals surface area contributed by atoms with Gasteiger partial charge in [0.05, 0.1) is 24.1 Å². The van der Waals surface area contributed by atoms with Crippen LogP contribution in [0.25, 0.3) is 10.8 Å². The summed E-state index contributed by atoms with van der Waals surface area (Å²) in [7, 11) is -2.24. The molecule has 200 valence electrons. The predicted molar refractivity (Wildman–Crippen MR) is 152 cm³/mol. The van der Waals surface area contributed by atoms with Crippen molar-refractivity contribution in [3.63, 3.8) is 0 Å². The smallest absolute Gasteiger partial charge is 0.254 e. The predicted octanol–water partition coefficient (Wildman–Crippen LogP) is 5.03. The average molecular weight is 562 g/mol. The van der Waals surface area contributed by atoms with Crippen molar-refractivity contribution < 1.29 is 17.9 Å². The lowest BCUT2D eigenvalue weighted by Gasteiger charge is -2.40. The van der Waals surface area contributed by atoms with E-state index in [4.69, 9.17) is 16.3 Å². The summed E-state index contributed by atoms with van der Waals surface area (Å²) in [5.74, 6) is 0.609. The molecule has 4 aromatic rings. The quantitative estimate of drug-likeness (QED) is 0.357. The number of piperazine rings is 1. The third-order valence-electron chi connectivity index (χ3n) is 7.66. The molecule has 1 aliphatic heterocycles. The summed E-state index contributed by atoms with van der Waals surface area (Å²) in [5, 5.41) is 2.64. The molecule has 0 bridgehead atoms. The van der Waals surface area contributed by atoms with E-state index in [9.17, 15) is 13.2 Å². The number of carbonyl (C=O) groups is 1. The molecule has 0 spiro atoms. The van der Waals surface area contributed by atoms with Crippen molar-refractivity contribution in [3.8, 4) is 5.75 Å². The maximum Gasteiger partial charge on any atom is 0.254 e. The first-order valence-electron chi connectivity index (χ1n) is 12.8. The van der Waals surface area contributed by atoms with E-state index in [1.54, 1.807) is 31.4 Å². The topological polar surface area (TPSA) is 79.0 Å². The summed E-state index contributed by atoms with van der Waals surface area (Å²) in [6.45, 7) is 2.30. The van der Waals surface area contributed by atoms with Crippen molar-refractivity contribution in [1.29, 1.82) is 0 Å². The molecule has 0 saturated carbocycles. The first-order valence-corrected chi connectivity index (χ1v) is 14.7. The molecule has 39 heavy (non-hydrogen) atoms. The van der Waals surface area contributed by atoms with E-state index in [1.807, 2.05) is 35.2 Å². The number of methoxy groups -OCH3 is 1. The number of hydrogen-bond donors (Lipinski definition) is 1. The molecule has 6 rings (SSSR count). The van der Waals surface area contributed by atoms with E-state index in [0.717, 1.165) is 21.9 Å². The minimum atomic E-state index is -3.83. The Morgan fingerprint density at radius 2 is 1.56 bits per heavy atom. The first kappa shape index (κ1) is 25.8. The van der Waals surface area contributed by atoms with Crippen LogP contribution in [0, 0.1) is 0 Å². The van der Waals surface area contributed by atoms with Crippen LogP contribution in [-0.2, 0) is 10.0 Å². The molecule has 1 amide bonds. The molecule has 2 atom stereocenters. The normalized spacial score (nSPS) is 19.4. The second kappa shape index (κ2) is 10.3. The van der Waals surface area contributed by atoms with Gasteiger partial charge in [-0.05, 0) is 64.4 Å². The zero-order chi connectivity index (χ0) is 27.1. The third-order valence-corrected chi connectivity index (χ3v) is 9.37. The molecule has 0 aromatic heterocycles. The van der Waals surface area contributed by atoms with E-state index in [1.165, 1.54) is 12.1 Å². The highest BCUT2D eigenvalue weighted by atomic mass is 35.5. The Morgan fingerprint density at radius 1 is 0.897 bits per heavy atom. The molecule has 1 N–H and O–H groups in total. The van der Waals surface area contributed by atoms with Gasteiger partial charge in [0.15, 0.2) is 0 Å². The Balaban J connectivity index is 1.29. The molecule has 1 fully saturated rings. The van der Waals surface area contributed by atoms with Crippen LogP contribution >= 0.6 is 11.6 Å². The molecular weight excluding hydrogens is 534 g/mol. The number of amides is 1. The Labute approximate surface area is 233 Å². The minimum Gasteiger partial charge on any atom is -0.497 e. The van der Waals surface area contributed by atoms with Gasteiger partial charge in [-0.25, -0.2) is 13.1 Å². The van der Waals surface area contributed by atoms with Crippen molar-refractivity contribution in [3.05, 3.63) is 107 Å². The van der Waals surface area contributed by atoms with Gasteiger partial charge in [0, 0.05) is 36.8 Å². The number of nitrogens with zero attached hydrogens (tertiary/aromatic N) is 2. The molecule has 7 nitrogen and oxygen atoms in total. The second-order valence-corrected chi connectivity index (χ2v) is 12.0. The monoisotopic (exact) mass is 561 g/mol. The zero-order valence-corrected chi connectivity index (χ0v) is 23.0. The Morgan fingerprint density at radius 3 is 2.26 bits per heavy atom. The second-order valence-electron chi connectivity index (χ2n) is 9.85. The fraction of sp³-hybridized carbons (Fsp3) is 0.233. The molecule has 1 saturated heterocycles. The Bertz CT molecular complexity index is 1650. The van der Waals surface area contributed by atoms with Crippen molar-refractivity contribution >= 4 is 38.3 Å².